The van der Waals surface area contributed by atoms with Crippen molar-refractivity contribution in [2.24, 2.45) is 5.92 Å². The maximum atomic E-state index is 12.5. The predicted octanol–water partition coefficient (Wildman–Crippen LogP) is 3.59. The van der Waals surface area contributed by atoms with Gasteiger partial charge in [0.15, 0.2) is 5.65 Å². The van der Waals surface area contributed by atoms with Gasteiger partial charge in [0.1, 0.15) is 6.04 Å². The molecule has 0 aliphatic carbocycles. The molecule has 1 amide bonds. The first-order chi connectivity index (χ1) is 14.7. The molecule has 1 N–H and O–H groups in total. The molecule has 7 nitrogen and oxygen atoms in total. The molecule has 0 saturated heterocycles. The van der Waals surface area contributed by atoms with E-state index in [0.29, 0.717) is 6.42 Å². The molecular formula is C24H30N4O3. The Labute approximate surface area is 182 Å². The molecule has 1 aromatic carbocycles. The Bertz CT molecular complexity index is 1100. The van der Waals surface area contributed by atoms with Crippen molar-refractivity contribution in [3.05, 3.63) is 52.8 Å². The second-order valence-electron chi connectivity index (χ2n) is 8.14. The third kappa shape index (κ3) is 4.60. The minimum atomic E-state index is -0.647. The zero-order chi connectivity index (χ0) is 22.7. The van der Waals surface area contributed by atoms with Gasteiger partial charge in [0.2, 0.25) is 5.91 Å². The lowest BCUT2D eigenvalue weighted by Crippen LogP contribution is -2.45. The summed E-state index contributed by atoms with van der Waals surface area (Å²) in [5.41, 5.74) is 5.68. The highest BCUT2D eigenvalue weighted by molar-refractivity contribution is 5.86. The van der Waals surface area contributed by atoms with E-state index in [1.54, 1.807) is 0 Å². The molecule has 7 heteroatoms. The summed E-state index contributed by atoms with van der Waals surface area (Å²) in [4.78, 5) is 29.3. The standard InChI is InChI=1S/C24H30N4O3/c1-14(2)22(24(30)31-6)26-20(29)13-12-19-15(3)21-17(5)27-28(23(21)25-16(19)4)18-10-8-7-9-11-18/h7-11,14,22H,12-13H2,1-6H3,(H,26,29)/t22-/m1/s1. The van der Waals surface area contributed by atoms with Gasteiger partial charge in [0.05, 0.1) is 18.5 Å². The Kier molecular flexibility index (Phi) is 6.73. The van der Waals surface area contributed by atoms with Crippen LogP contribution in [0.3, 0.4) is 0 Å². The van der Waals surface area contributed by atoms with Crippen LogP contribution in [0, 0.1) is 26.7 Å². The van der Waals surface area contributed by atoms with Gasteiger partial charge >= 0.3 is 5.97 Å². The van der Waals surface area contributed by atoms with Gasteiger partial charge in [-0.05, 0) is 56.4 Å². The molecule has 0 aliphatic heterocycles. The first kappa shape index (κ1) is 22.5. The SMILES string of the molecule is COC(=O)[C@H](NC(=O)CCc1c(C)nc2c(c(C)nn2-c2ccccc2)c1C)C(C)C. The second kappa shape index (κ2) is 9.29. The molecule has 2 aromatic heterocycles. The van der Waals surface area contributed by atoms with E-state index in [9.17, 15) is 9.59 Å². The number of fused-ring (bicyclic) bond motifs is 1. The number of nitrogens with one attached hydrogen (secondary N) is 1. The number of methoxy groups -OCH3 is 1. The summed E-state index contributed by atoms with van der Waals surface area (Å²) in [6.45, 7) is 9.75. The number of hydrogen-bond acceptors (Lipinski definition) is 5. The Morgan fingerprint density at radius 3 is 2.39 bits per heavy atom. The van der Waals surface area contributed by atoms with Crippen molar-refractivity contribution in [1.82, 2.24) is 20.1 Å². The van der Waals surface area contributed by atoms with E-state index in [4.69, 9.17) is 14.8 Å². The molecule has 0 bridgehead atoms. The third-order valence-corrected chi connectivity index (χ3v) is 5.62. The lowest BCUT2D eigenvalue weighted by Gasteiger charge is -2.20. The molecule has 31 heavy (non-hydrogen) atoms. The zero-order valence-electron chi connectivity index (χ0n) is 19.0. The van der Waals surface area contributed by atoms with Crippen LogP contribution >= 0.6 is 0 Å². The van der Waals surface area contributed by atoms with Crippen LogP contribution in [0.25, 0.3) is 16.7 Å². The van der Waals surface area contributed by atoms with Crippen molar-refractivity contribution in [2.45, 2.75) is 53.5 Å². The van der Waals surface area contributed by atoms with Crippen LogP contribution < -0.4 is 5.32 Å². The van der Waals surface area contributed by atoms with E-state index in [1.165, 1.54) is 7.11 Å². The number of carbonyl (C=O) groups excluding carboxylic acids is 2. The number of amides is 1. The zero-order valence-corrected chi connectivity index (χ0v) is 19.0. The average Bonchev–Trinajstić information content (AvgIpc) is 3.07. The monoisotopic (exact) mass is 422 g/mol. The van der Waals surface area contributed by atoms with Crippen LogP contribution in [0.2, 0.25) is 0 Å². The molecule has 0 aliphatic rings. The normalized spacial score (nSPS) is 12.2. The quantitative estimate of drug-likeness (QED) is 0.588. The van der Waals surface area contributed by atoms with Crippen molar-refractivity contribution in [3.8, 4) is 5.69 Å². The van der Waals surface area contributed by atoms with Crippen molar-refractivity contribution in [2.75, 3.05) is 7.11 Å². The van der Waals surface area contributed by atoms with Gasteiger partial charge in [-0.2, -0.15) is 5.10 Å². The fourth-order valence-electron chi connectivity index (χ4n) is 3.93. The molecule has 1 atom stereocenters. The number of aromatic nitrogens is 3. The number of carbonyl (C=O) groups is 2. The minimum absolute atomic E-state index is 0.0515. The van der Waals surface area contributed by atoms with Gasteiger partial charge in [0.25, 0.3) is 0 Å². The van der Waals surface area contributed by atoms with Gasteiger partial charge < -0.3 is 10.1 Å². The molecule has 0 fully saturated rings. The van der Waals surface area contributed by atoms with E-state index in [0.717, 1.165) is 39.2 Å². The Hall–Kier alpha value is -3.22. The topological polar surface area (TPSA) is 86.1 Å². The van der Waals surface area contributed by atoms with Crippen LogP contribution in [0.4, 0.5) is 0 Å². The van der Waals surface area contributed by atoms with Gasteiger partial charge in [-0.15, -0.1) is 0 Å². The van der Waals surface area contributed by atoms with Gasteiger partial charge in [-0.1, -0.05) is 32.0 Å². The third-order valence-electron chi connectivity index (χ3n) is 5.62. The van der Waals surface area contributed by atoms with Crippen molar-refractivity contribution < 1.29 is 14.3 Å². The Morgan fingerprint density at radius 1 is 1.10 bits per heavy atom. The summed E-state index contributed by atoms with van der Waals surface area (Å²) in [6, 6.07) is 9.28. The van der Waals surface area contributed by atoms with Gasteiger partial charge in [-0.3, -0.25) is 4.79 Å². The molecule has 164 valence electrons. The summed E-state index contributed by atoms with van der Waals surface area (Å²) >= 11 is 0. The maximum Gasteiger partial charge on any atom is 0.328 e. The summed E-state index contributed by atoms with van der Waals surface area (Å²) in [5.74, 6) is -0.660. The van der Waals surface area contributed by atoms with Crippen molar-refractivity contribution in [1.29, 1.82) is 0 Å². The van der Waals surface area contributed by atoms with E-state index in [-0.39, 0.29) is 18.2 Å². The molecular weight excluding hydrogens is 392 g/mol. The maximum absolute atomic E-state index is 12.5. The van der Waals surface area contributed by atoms with Crippen molar-refractivity contribution >= 4 is 22.9 Å². The minimum Gasteiger partial charge on any atom is -0.467 e. The summed E-state index contributed by atoms with van der Waals surface area (Å²) in [5, 5.41) is 8.52. The predicted molar refractivity (Wildman–Crippen MR) is 120 cm³/mol. The van der Waals surface area contributed by atoms with Crippen LogP contribution in [0.1, 0.15) is 42.8 Å². The fraction of sp³-hybridized carbons (Fsp3) is 0.417. The van der Waals surface area contributed by atoms with Gasteiger partial charge in [0, 0.05) is 17.5 Å². The first-order valence-corrected chi connectivity index (χ1v) is 10.5. The Balaban J connectivity index is 1.86. The number of benzene rings is 1. The number of para-hydroxylation sites is 1. The number of esters is 1. The van der Waals surface area contributed by atoms with E-state index >= 15 is 0 Å². The highest BCUT2D eigenvalue weighted by atomic mass is 16.5. The van der Waals surface area contributed by atoms with E-state index < -0.39 is 12.0 Å². The lowest BCUT2D eigenvalue weighted by atomic mass is 9.98. The van der Waals surface area contributed by atoms with E-state index in [2.05, 4.69) is 12.2 Å². The number of aryl methyl sites for hydroxylation is 3. The molecule has 0 spiro atoms. The molecule has 3 aromatic rings. The summed E-state index contributed by atoms with van der Waals surface area (Å²) in [6.07, 6.45) is 0.801. The molecule has 0 radical (unpaired) electrons. The van der Waals surface area contributed by atoms with Crippen molar-refractivity contribution in [3.63, 3.8) is 0 Å². The smallest absolute Gasteiger partial charge is 0.328 e. The largest absolute Gasteiger partial charge is 0.467 e. The lowest BCUT2D eigenvalue weighted by molar-refractivity contribution is -0.146. The number of hydrogen-bond donors (Lipinski definition) is 1. The molecule has 3 rings (SSSR count). The van der Waals surface area contributed by atoms with Crippen LogP contribution in [0.5, 0.6) is 0 Å². The van der Waals surface area contributed by atoms with Crippen LogP contribution in [-0.4, -0.2) is 39.8 Å². The molecule has 2 heterocycles. The number of rotatable bonds is 7. The number of ether oxygens (including phenoxy) is 1. The summed E-state index contributed by atoms with van der Waals surface area (Å²) < 4.78 is 6.67. The van der Waals surface area contributed by atoms with Gasteiger partial charge in [-0.25, -0.2) is 14.5 Å². The first-order valence-electron chi connectivity index (χ1n) is 10.5. The number of pyridine rings is 1. The summed E-state index contributed by atoms with van der Waals surface area (Å²) in [7, 11) is 1.33. The Morgan fingerprint density at radius 2 is 1.77 bits per heavy atom. The highest BCUT2D eigenvalue weighted by Crippen LogP contribution is 2.28. The van der Waals surface area contributed by atoms with Crippen LogP contribution in [-0.2, 0) is 20.7 Å². The van der Waals surface area contributed by atoms with E-state index in [1.807, 2.05) is 62.7 Å². The number of nitrogens with zero attached hydrogens (tertiary/aromatic N) is 3. The fourth-order valence-corrected chi connectivity index (χ4v) is 3.93. The second-order valence-corrected chi connectivity index (χ2v) is 8.14. The molecule has 0 saturated carbocycles. The highest BCUT2D eigenvalue weighted by Gasteiger charge is 2.25. The molecule has 0 unspecified atom stereocenters. The van der Waals surface area contributed by atoms with Crippen LogP contribution in [0.15, 0.2) is 30.3 Å². The average molecular weight is 423 g/mol.